The smallest absolute Gasteiger partial charge is 0.161 e. The standard InChI is InChI=1S/C25H31N3O2/c1-3-14-30-25-15-19(8-9-24(25)29-2)18-28-12-10-21(11-13-28)27-22-16-20-6-4-5-7-23(20)26-17-22/h4-9,15-17,21,27H,3,10-14,18H2,1-2H3. The lowest BCUT2D eigenvalue weighted by molar-refractivity contribution is 0.210. The number of benzene rings is 2. The van der Waals surface area contributed by atoms with Crippen LogP contribution in [-0.2, 0) is 6.54 Å². The molecule has 0 aliphatic carbocycles. The topological polar surface area (TPSA) is 46.6 Å². The summed E-state index contributed by atoms with van der Waals surface area (Å²) < 4.78 is 11.3. The number of para-hydroxylation sites is 1. The molecule has 0 bridgehead atoms. The summed E-state index contributed by atoms with van der Waals surface area (Å²) in [6.07, 6.45) is 5.19. The van der Waals surface area contributed by atoms with Crippen LogP contribution in [0.2, 0.25) is 0 Å². The van der Waals surface area contributed by atoms with Crippen LogP contribution in [0.4, 0.5) is 5.69 Å². The molecule has 0 amide bonds. The van der Waals surface area contributed by atoms with E-state index in [-0.39, 0.29) is 0 Å². The van der Waals surface area contributed by atoms with Crippen molar-refractivity contribution in [1.82, 2.24) is 9.88 Å². The predicted octanol–water partition coefficient (Wildman–Crippen LogP) is 5.11. The number of fused-ring (bicyclic) bond motifs is 1. The Hall–Kier alpha value is -2.79. The maximum Gasteiger partial charge on any atom is 0.161 e. The van der Waals surface area contributed by atoms with E-state index in [9.17, 15) is 0 Å². The van der Waals surface area contributed by atoms with Crippen molar-refractivity contribution in [2.45, 2.75) is 38.8 Å². The van der Waals surface area contributed by atoms with E-state index in [1.807, 2.05) is 18.3 Å². The van der Waals surface area contributed by atoms with Gasteiger partial charge in [0.05, 0.1) is 31.1 Å². The van der Waals surface area contributed by atoms with Crippen LogP contribution in [0.3, 0.4) is 0 Å². The third-order valence-electron chi connectivity index (χ3n) is 5.64. The maximum atomic E-state index is 5.86. The molecule has 158 valence electrons. The Balaban J connectivity index is 1.32. The zero-order valence-electron chi connectivity index (χ0n) is 17.9. The number of piperidine rings is 1. The highest BCUT2D eigenvalue weighted by Gasteiger charge is 2.20. The van der Waals surface area contributed by atoms with Gasteiger partial charge in [0.1, 0.15) is 0 Å². The molecular weight excluding hydrogens is 374 g/mol. The highest BCUT2D eigenvalue weighted by atomic mass is 16.5. The van der Waals surface area contributed by atoms with E-state index >= 15 is 0 Å². The number of hydrogen-bond acceptors (Lipinski definition) is 5. The van der Waals surface area contributed by atoms with Gasteiger partial charge in [0, 0.05) is 31.1 Å². The fraction of sp³-hybridized carbons (Fsp3) is 0.400. The lowest BCUT2D eigenvalue weighted by Gasteiger charge is -2.33. The van der Waals surface area contributed by atoms with Crippen molar-refractivity contribution < 1.29 is 9.47 Å². The number of rotatable bonds is 8. The fourth-order valence-corrected chi connectivity index (χ4v) is 4.02. The number of methoxy groups -OCH3 is 1. The number of aromatic nitrogens is 1. The second-order valence-corrected chi connectivity index (χ2v) is 7.95. The summed E-state index contributed by atoms with van der Waals surface area (Å²) in [5.41, 5.74) is 3.42. The van der Waals surface area contributed by atoms with Crippen LogP contribution in [0.15, 0.2) is 54.7 Å². The summed E-state index contributed by atoms with van der Waals surface area (Å²) in [4.78, 5) is 7.08. The van der Waals surface area contributed by atoms with E-state index in [0.29, 0.717) is 12.6 Å². The summed E-state index contributed by atoms with van der Waals surface area (Å²) in [5.74, 6) is 1.65. The predicted molar refractivity (Wildman–Crippen MR) is 122 cm³/mol. The summed E-state index contributed by atoms with van der Waals surface area (Å²) in [6, 6.07) is 17.2. The highest BCUT2D eigenvalue weighted by Crippen LogP contribution is 2.29. The summed E-state index contributed by atoms with van der Waals surface area (Å²) >= 11 is 0. The second kappa shape index (κ2) is 9.81. The second-order valence-electron chi connectivity index (χ2n) is 7.95. The minimum atomic E-state index is 0.489. The fourth-order valence-electron chi connectivity index (χ4n) is 4.02. The Morgan fingerprint density at radius 2 is 1.90 bits per heavy atom. The van der Waals surface area contributed by atoms with Gasteiger partial charge in [0.25, 0.3) is 0 Å². The molecule has 30 heavy (non-hydrogen) atoms. The molecule has 4 rings (SSSR count). The van der Waals surface area contributed by atoms with Gasteiger partial charge in [-0.2, -0.15) is 0 Å². The van der Waals surface area contributed by atoms with E-state index in [2.05, 4.69) is 58.5 Å². The molecule has 5 heteroatoms. The van der Waals surface area contributed by atoms with E-state index in [1.165, 1.54) is 10.9 Å². The average molecular weight is 406 g/mol. The number of pyridine rings is 1. The molecule has 0 unspecified atom stereocenters. The number of hydrogen-bond donors (Lipinski definition) is 1. The Kier molecular flexibility index (Phi) is 6.70. The molecule has 3 aromatic rings. The van der Waals surface area contributed by atoms with E-state index < -0.39 is 0 Å². The first-order valence-corrected chi connectivity index (χ1v) is 10.9. The van der Waals surface area contributed by atoms with Crippen LogP contribution in [0.1, 0.15) is 31.7 Å². The van der Waals surface area contributed by atoms with Crippen LogP contribution in [0.5, 0.6) is 11.5 Å². The van der Waals surface area contributed by atoms with Gasteiger partial charge in [-0.3, -0.25) is 9.88 Å². The summed E-state index contributed by atoms with van der Waals surface area (Å²) in [6.45, 7) is 5.92. The van der Waals surface area contributed by atoms with Crippen molar-refractivity contribution in [3.8, 4) is 11.5 Å². The van der Waals surface area contributed by atoms with Gasteiger partial charge in [-0.05, 0) is 49.1 Å². The Labute approximate surface area is 179 Å². The SMILES string of the molecule is CCCOc1cc(CN2CCC(Nc3cnc4ccccc4c3)CC2)ccc1OC. The minimum absolute atomic E-state index is 0.489. The van der Waals surface area contributed by atoms with Gasteiger partial charge in [-0.1, -0.05) is 31.2 Å². The Morgan fingerprint density at radius 1 is 1.07 bits per heavy atom. The van der Waals surface area contributed by atoms with Gasteiger partial charge in [0.2, 0.25) is 0 Å². The molecular formula is C25H31N3O2. The third kappa shape index (κ3) is 5.03. The van der Waals surface area contributed by atoms with E-state index in [4.69, 9.17) is 9.47 Å². The summed E-state index contributed by atoms with van der Waals surface area (Å²) in [5, 5.41) is 4.86. The maximum absolute atomic E-state index is 5.86. The van der Waals surface area contributed by atoms with Crippen molar-refractivity contribution in [3.05, 3.63) is 60.3 Å². The zero-order chi connectivity index (χ0) is 20.8. The highest BCUT2D eigenvalue weighted by molar-refractivity contribution is 5.81. The summed E-state index contributed by atoms with van der Waals surface area (Å²) in [7, 11) is 1.69. The molecule has 1 saturated heterocycles. The van der Waals surface area contributed by atoms with Crippen LogP contribution in [0, 0.1) is 0 Å². The van der Waals surface area contributed by atoms with Crippen LogP contribution >= 0.6 is 0 Å². The van der Waals surface area contributed by atoms with Crippen molar-refractivity contribution in [2.24, 2.45) is 0 Å². The molecule has 2 heterocycles. The molecule has 0 spiro atoms. The molecule has 5 nitrogen and oxygen atoms in total. The van der Waals surface area contributed by atoms with E-state index in [0.717, 1.165) is 61.6 Å². The molecule has 1 aromatic heterocycles. The van der Waals surface area contributed by atoms with Crippen molar-refractivity contribution in [2.75, 3.05) is 32.1 Å². The van der Waals surface area contributed by atoms with Gasteiger partial charge < -0.3 is 14.8 Å². The first-order valence-electron chi connectivity index (χ1n) is 10.9. The third-order valence-corrected chi connectivity index (χ3v) is 5.64. The van der Waals surface area contributed by atoms with Gasteiger partial charge in [0.15, 0.2) is 11.5 Å². The number of nitrogens with zero attached hydrogens (tertiary/aromatic N) is 2. The number of nitrogens with one attached hydrogen (secondary N) is 1. The molecule has 1 aliphatic rings. The zero-order valence-corrected chi connectivity index (χ0v) is 17.9. The quantitative estimate of drug-likeness (QED) is 0.564. The van der Waals surface area contributed by atoms with Crippen molar-refractivity contribution in [3.63, 3.8) is 0 Å². The monoisotopic (exact) mass is 405 g/mol. The molecule has 1 fully saturated rings. The molecule has 0 radical (unpaired) electrons. The van der Waals surface area contributed by atoms with Crippen molar-refractivity contribution >= 4 is 16.6 Å². The van der Waals surface area contributed by atoms with Crippen molar-refractivity contribution in [1.29, 1.82) is 0 Å². The van der Waals surface area contributed by atoms with E-state index in [1.54, 1.807) is 7.11 Å². The average Bonchev–Trinajstić information content (AvgIpc) is 2.79. The molecule has 0 atom stereocenters. The molecule has 0 saturated carbocycles. The minimum Gasteiger partial charge on any atom is -0.493 e. The molecule has 1 N–H and O–H groups in total. The van der Waals surface area contributed by atoms with Gasteiger partial charge in [-0.15, -0.1) is 0 Å². The lowest BCUT2D eigenvalue weighted by atomic mass is 10.0. The van der Waals surface area contributed by atoms with Crippen LogP contribution < -0.4 is 14.8 Å². The first kappa shape index (κ1) is 20.5. The Morgan fingerprint density at radius 3 is 2.70 bits per heavy atom. The number of likely N-dealkylation sites (tertiary alicyclic amines) is 1. The number of anilines is 1. The molecule has 1 aliphatic heterocycles. The number of ether oxygens (including phenoxy) is 2. The largest absolute Gasteiger partial charge is 0.493 e. The Bertz CT molecular complexity index is 968. The normalized spacial score (nSPS) is 15.3. The lowest BCUT2D eigenvalue weighted by Crippen LogP contribution is -2.38. The van der Waals surface area contributed by atoms with Crippen LogP contribution in [-0.4, -0.2) is 42.7 Å². The van der Waals surface area contributed by atoms with Gasteiger partial charge in [-0.25, -0.2) is 0 Å². The molecule has 2 aromatic carbocycles. The van der Waals surface area contributed by atoms with Gasteiger partial charge >= 0.3 is 0 Å². The first-order chi connectivity index (χ1) is 14.7. The van der Waals surface area contributed by atoms with Crippen LogP contribution in [0.25, 0.3) is 10.9 Å².